The van der Waals surface area contributed by atoms with Crippen molar-refractivity contribution in [2.24, 2.45) is 0 Å². The predicted octanol–water partition coefficient (Wildman–Crippen LogP) is -2.99. The summed E-state index contributed by atoms with van der Waals surface area (Å²) in [4.78, 5) is 37.6. The van der Waals surface area contributed by atoms with Gasteiger partial charge in [-0.25, -0.2) is 9.97 Å². The summed E-state index contributed by atoms with van der Waals surface area (Å²) in [6.07, 6.45) is -2.67. The molecule has 146 valence electrons. The van der Waals surface area contributed by atoms with Gasteiger partial charge < -0.3 is 34.8 Å². The number of fused-ring (bicyclic) bond motifs is 1. The summed E-state index contributed by atoms with van der Waals surface area (Å²) in [5.41, 5.74) is -0.178. The van der Waals surface area contributed by atoms with Gasteiger partial charge in [0.1, 0.15) is 18.3 Å². The van der Waals surface area contributed by atoms with Crippen molar-refractivity contribution in [2.45, 2.75) is 24.5 Å². The van der Waals surface area contributed by atoms with E-state index >= 15 is 0 Å². The number of ether oxygens (including phenoxy) is 1. The first kappa shape index (κ1) is 17.9. The van der Waals surface area contributed by atoms with Crippen molar-refractivity contribution in [1.29, 1.82) is 0 Å². The van der Waals surface area contributed by atoms with E-state index in [9.17, 15) is 24.9 Å². The Balaban J connectivity index is 1.80. The molecule has 27 heavy (non-hydrogen) atoms. The van der Waals surface area contributed by atoms with Gasteiger partial charge in [-0.1, -0.05) is 0 Å². The summed E-state index contributed by atoms with van der Waals surface area (Å²) in [7, 11) is 0. The van der Waals surface area contributed by atoms with Crippen LogP contribution in [0.15, 0.2) is 11.1 Å². The summed E-state index contributed by atoms with van der Waals surface area (Å²) >= 11 is 0. The van der Waals surface area contributed by atoms with E-state index in [1.807, 2.05) is 4.90 Å². The molecular weight excluding hydrogens is 360 g/mol. The van der Waals surface area contributed by atoms with E-state index < -0.39 is 36.7 Å². The van der Waals surface area contributed by atoms with E-state index in [0.29, 0.717) is 32.1 Å². The van der Waals surface area contributed by atoms with E-state index in [0.717, 1.165) is 6.41 Å². The molecule has 0 aromatic carbocycles. The monoisotopic (exact) mass is 380 g/mol. The second-order valence-corrected chi connectivity index (χ2v) is 6.54. The van der Waals surface area contributed by atoms with Gasteiger partial charge in [-0.2, -0.15) is 0 Å². The molecule has 0 saturated carbocycles. The molecule has 4 N–H and O–H groups in total. The van der Waals surface area contributed by atoms with Crippen molar-refractivity contribution in [3.63, 3.8) is 0 Å². The number of anilines is 1. The van der Waals surface area contributed by atoms with Gasteiger partial charge in [-0.3, -0.25) is 14.2 Å². The Kier molecular flexibility index (Phi) is 4.55. The number of aromatic nitrogens is 4. The molecule has 2 aliphatic heterocycles. The lowest BCUT2D eigenvalue weighted by molar-refractivity contribution is -0.118. The molecule has 2 aromatic rings. The number of nitrogens with one attached hydrogen (secondary N) is 1. The minimum atomic E-state index is -1.34. The van der Waals surface area contributed by atoms with Crippen LogP contribution in [0.4, 0.5) is 5.95 Å². The number of hydrogen-bond donors (Lipinski definition) is 4. The van der Waals surface area contributed by atoms with Gasteiger partial charge in [0.05, 0.1) is 12.9 Å². The van der Waals surface area contributed by atoms with Crippen LogP contribution in [0.2, 0.25) is 0 Å². The molecule has 4 unspecified atom stereocenters. The SMILES string of the molecule is O=CN1CCN(c2nc3c(=O)[nH]cnc3n2C2OC(CO)C(O)C2O)CC1. The van der Waals surface area contributed by atoms with Gasteiger partial charge in [-0.15, -0.1) is 0 Å². The lowest BCUT2D eigenvalue weighted by Gasteiger charge is -2.34. The first-order chi connectivity index (χ1) is 13.0. The Morgan fingerprint density at radius 1 is 1.26 bits per heavy atom. The normalized spacial score (nSPS) is 28.9. The molecule has 2 aromatic heterocycles. The number of imidazole rings is 1. The number of rotatable bonds is 4. The number of nitrogens with zero attached hydrogens (tertiary/aromatic N) is 5. The van der Waals surface area contributed by atoms with Gasteiger partial charge in [0.25, 0.3) is 5.56 Å². The largest absolute Gasteiger partial charge is 0.394 e. The Morgan fingerprint density at radius 2 is 2.00 bits per heavy atom. The second-order valence-electron chi connectivity index (χ2n) is 6.54. The molecule has 2 fully saturated rings. The number of carbonyl (C=O) groups excluding carboxylic acids is 1. The highest BCUT2D eigenvalue weighted by atomic mass is 16.6. The van der Waals surface area contributed by atoms with Crippen LogP contribution in [0.3, 0.4) is 0 Å². The molecule has 0 spiro atoms. The van der Waals surface area contributed by atoms with Crippen molar-refractivity contribution < 1.29 is 24.9 Å². The van der Waals surface area contributed by atoms with Crippen molar-refractivity contribution in [3.05, 3.63) is 16.7 Å². The maximum Gasteiger partial charge on any atom is 0.278 e. The number of H-pyrrole nitrogens is 1. The Labute approximate surface area is 152 Å². The topological polar surface area (TPSA) is 157 Å². The van der Waals surface area contributed by atoms with Gasteiger partial charge in [0.15, 0.2) is 17.4 Å². The van der Waals surface area contributed by atoms with Gasteiger partial charge in [-0.05, 0) is 0 Å². The summed E-state index contributed by atoms with van der Waals surface area (Å²) in [5, 5.41) is 29.9. The van der Waals surface area contributed by atoms with Crippen molar-refractivity contribution in [2.75, 3.05) is 37.7 Å². The molecule has 1 amide bonds. The van der Waals surface area contributed by atoms with Crippen LogP contribution in [0, 0.1) is 0 Å². The maximum atomic E-state index is 12.2. The van der Waals surface area contributed by atoms with Crippen LogP contribution >= 0.6 is 0 Å². The number of aliphatic hydroxyl groups excluding tert-OH is 3. The third-order valence-electron chi connectivity index (χ3n) is 4.98. The third-order valence-corrected chi connectivity index (χ3v) is 4.98. The lowest BCUT2D eigenvalue weighted by Crippen LogP contribution is -2.47. The Morgan fingerprint density at radius 3 is 2.63 bits per heavy atom. The van der Waals surface area contributed by atoms with E-state index in [1.54, 1.807) is 4.90 Å². The Hall–Kier alpha value is -2.54. The molecule has 2 aliphatic rings. The third kappa shape index (κ3) is 2.86. The van der Waals surface area contributed by atoms with Gasteiger partial charge in [0, 0.05) is 26.2 Å². The predicted molar refractivity (Wildman–Crippen MR) is 91.0 cm³/mol. The highest BCUT2D eigenvalue weighted by molar-refractivity contribution is 5.74. The summed E-state index contributed by atoms with van der Waals surface area (Å²) in [6.45, 7) is 1.42. The van der Waals surface area contributed by atoms with E-state index in [4.69, 9.17) is 4.74 Å². The molecule has 0 aliphatic carbocycles. The fourth-order valence-electron chi connectivity index (χ4n) is 3.49. The average molecular weight is 380 g/mol. The molecule has 12 nitrogen and oxygen atoms in total. The minimum Gasteiger partial charge on any atom is -0.394 e. The fraction of sp³-hybridized carbons (Fsp3) is 0.600. The van der Waals surface area contributed by atoms with Gasteiger partial charge >= 0.3 is 0 Å². The molecule has 0 bridgehead atoms. The van der Waals surface area contributed by atoms with Gasteiger partial charge in [0.2, 0.25) is 12.4 Å². The summed E-state index contributed by atoms with van der Waals surface area (Å²) < 4.78 is 7.09. The second kappa shape index (κ2) is 6.88. The molecule has 2 saturated heterocycles. The maximum absolute atomic E-state index is 12.2. The standard InChI is InChI=1S/C15H20N6O6/c22-5-8-10(24)11(25)14(27-8)21-12-9(13(26)17-6-16-12)18-15(21)20-3-1-19(7-23)2-4-20/h6-8,10-11,14,22,24-25H,1-5H2,(H,16,17,26). The molecule has 0 radical (unpaired) electrons. The first-order valence-corrected chi connectivity index (χ1v) is 8.57. The van der Waals surface area contributed by atoms with Crippen molar-refractivity contribution >= 4 is 23.5 Å². The molecule has 12 heteroatoms. The number of carbonyl (C=O) groups is 1. The van der Waals surface area contributed by atoms with Crippen molar-refractivity contribution in [1.82, 2.24) is 24.4 Å². The zero-order valence-corrected chi connectivity index (χ0v) is 14.3. The van der Waals surface area contributed by atoms with Crippen LogP contribution in [0.1, 0.15) is 6.23 Å². The van der Waals surface area contributed by atoms with Crippen LogP contribution in [0.25, 0.3) is 11.2 Å². The number of aliphatic hydroxyl groups is 3. The Bertz CT molecular complexity index is 891. The first-order valence-electron chi connectivity index (χ1n) is 8.57. The quantitative estimate of drug-likeness (QED) is 0.406. The molecule has 4 heterocycles. The molecule has 4 atom stereocenters. The number of hydrogen-bond acceptors (Lipinski definition) is 9. The molecule has 4 rings (SSSR count). The zero-order valence-electron chi connectivity index (χ0n) is 14.3. The number of piperazine rings is 1. The fourth-order valence-corrected chi connectivity index (χ4v) is 3.49. The summed E-state index contributed by atoms with van der Waals surface area (Å²) in [6, 6.07) is 0. The minimum absolute atomic E-state index is 0.0723. The van der Waals surface area contributed by atoms with E-state index in [2.05, 4.69) is 15.0 Å². The zero-order chi connectivity index (χ0) is 19.1. The van der Waals surface area contributed by atoms with E-state index in [-0.39, 0.29) is 11.2 Å². The van der Waals surface area contributed by atoms with Crippen LogP contribution in [-0.2, 0) is 9.53 Å². The highest BCUT2D eigenvalue weighted by Gasteiger charge is 2.45. The lowest BCUT2D eigenvalue weighted by atomic mass is 10.1. The number of aromatic amines is 1. The van der Waals surface area contributed by atoms with Crippen LogP contribution < -0.4 is 10.5 Å². The van der Waals surface area contributed by atoms with Crippen LogP contribution in [-0.4, -0.2) is 97.2 Å². The summed E-state index contributed by atoms with van der Waals surface area (Å²) in [5.74, 6) is 0.342. The molecular formula is C15H20N6O6. The van der Waals surface area contributed by atoms with Crippen molar-refractivity contribution in [3.8, 4) is 0 Å². The highest BCUT2D eigenvalue weighted by Crippen LogP contribution is 2.35. The van der Waals surface area contributed by atoms with E-state index in [1.165, 1.54) is 10.9 Å². The average Bonchev–Trinajstić information content (AvgIpc) is 3.21. The smallest absolute Gasteiger partial charge is 0.278 e. The number of amides is 1. The van der Waals surface area contributed by atoms with Crippen LogP contribution in [0.5, 0.6) is 0 Å².